The molecule has 0 bridgehead atoms. The molecule has 16 heavy (non-hydrogen) atoms. The number of aromatic amines is 1. The number of nitrogens with one attached hydrogen (secondary N) is 2. The number of carbonyl (C=O) groups excluding carboxylic acids is 1. The summed E-state index contributed by atoms with van der Waals surface area (Å²) in [5.74, 6) is 0.130. The van der Waals surface area contributed by atoms with Crippen molar-refractivity contribution in [1.29, 1.82) is 0 Å². The molecular formula is C11H20N4O. The quantitative estimate of drug-likeness (QED) is 0.705. The van der Waals surface area contributed by atoms with Gasteiger partial charge in [0.1, 0.15) is 0 Å². The maximum Gasteiger partial charge on any atom is 0.220 e. The van der Waals surface area contributed by atoms with Crippen LogP contribution in [0.25, 0.3) is 0 Å². The van der Waals surface area contributed by atoms with E-state index in [0.717, 1.165) is 31.5 Å². The lowest BCUT2D eigenvalue weighted by Crippen LogP contribution is -2.31. The van der Waals surface area contributed by atoms with Crippen LogP contribution in [0.5, 0.6) is 0 Å². The Balaban J connectivity index is 2.02. The maximum atomic E-state index is 11.4. The summed E-state index contributed by atoms with van der Waals surface area (Å²) in [4.78, 5) is 13.4. The van der Waals surface area contributed by atoms with Gasteiger partial charge in [0.2, 0.25) is 5.91 Å². The zero-order chi connectivity index (χ0) is 11.8. The lowest BCUT2D eigenvalue weighted by molar-refractivity contribution is -0.121. The molecule has 1 rings (SSSR count). The number of rotatable bonds is 7. The Labute approximate surface area is 96.2 Å². The molecule has 0 radical (unpaired) electrons. The summed E-state index contributed by atoms with van der Waals surface area (Å²) in [6.45, 7) is 1.60. The fourth-order valence-corrected chi connectivity index (χ4v) is 1.37. The number of hydrogen-bond donors (Lipinski definition) is 2. The highest BCUT2D eigenvalue weighted by Crippen LogP contribution is 2.01. The molecule has 0 unspecified atom stereocenters. The van der Waals surface area contributed by atoms with Crippen LogP contribution in [-0.4, -0.2) is 48.2 Å². The Kier molecular flexibility index (Phi) is 5.56. The third kappa shape index (κ3) is 5.50. The van der Waals surface area contributed by atoms with Crippen LogP contribution in [0.2, 0.25) is 0 Å². The summed E-state index contributed by atoms with van der Waals surface area (Å²) in [6.07, 6.45) is 6.01. The molecule has 1 aromatic rings. The smallest absolute Gasteiger partial charge is 0.220 e. The van der Waals surface area contributed by atoms with E-state index >= 15 is 0 Å². The molecule has 0 atom stereocenters. The number of carbonyl (C=O) groups is 1. The fraction of sp³-hybridized carbons (Fsp3) is 0.636. The predicted molar refractivity (Wildman–Crippen MR) is 63.1 cm³/mol. The second kappa shape index (κ2) is 7.00. The van der Waals surface area contributed by atoms with Crippen LogP contribution in [0.4, 0.5) is 0 Å². The Hall–Kier alpha value is -1.36. The number of amides is 1. The number of hydrogen-bond acceptors (Lipinski definition) is 3. The average Bonchev–Trinajstić information content (AvgIpc) is 2.70. The lowest BCUT2D eigenvalue weighted by Gasteiger charge is -2.10. The first-order valence-corrected chi connectivity index (χ1v) is 5.57. The van der Waals surface area contributed by atoms with Crippen molar-refractivity contribution in [3.05, 3.63) is 18.0 Å². The first kappa shape index (κ1) is 12.7. The van der Waals surface area contributed by atoms with Crippen LogP contribution in [0.1, 0.15) is 18.4 Å². The van der Waals surface area contributed by atoms with Gasteiger partial charge in [-0.1, -0.05) is 0 Å². The van der Waals surface area contributed by atoms with Crippen LogP contribution in [0.15, 0.2) is 12.4 Å². The van der Waals surface area contributed by atoms with Gasteiger partial charge >= 0.3 is 0 Å². The first-order chi connectivity index (χ1) is 7.68. The van der Waals surface area contributed by atoms with Crippen LogP contribution < -0.4 is 5.32 Å². The van der Waals surface area contributed by atoms with E-state index in [1.54, 1.807) is 6.20 Å². The van der Waals surface area contributed by atoms with E-state index in [1.807, 2.05) is 25.2 Å². The molecule has 0 aromatic carbocycles. The SMILES string of the molecule is CN(C)CCNC(=O)CCCc1cn[nH]c1. The number of aryl methyl sites for hydroxylation is 1. The molecule has 0 aliphatic rings. The molecule has 90 valence electrons. The molecule has 1 heterocycles. The van der Waals surface area contributed by atoms with Crippen LogP contribution in [0, 0.1) is 0 Å². The molecule has 0 fully saturated rings. The molecule has 0 spiro atoms. The summed E-state index contributed by atoms with van der Waals surface area (Å²) in [5, 5.41) is 9.51. The molecular weight excluding hydrogens is 204 g/mol. The molecule has 5 heteroatoms. The van der Waals surface area contributed by atoms with Crippen LogP contribution in [-0.2, 0) is 11.2 Å². The van der Waals surface area contributed by atoms with Crippen molar-refractivity contribution < 1.29 is 4.79 Å². The predicted octanol–water partition coefficient (Wildman–Crippen LogP) is 0.410. The minimum absolute atomic E-state index is 0.130. The normalized spacial score (nSPS) is 10.7. The van der Waals surface area contributed by atoms with Gasteiger partial charge in [0.05, 0.1) is 6.20 Å². The number of aromatic nitrogens is 2. The molecule has 1 aromatic heterocycles. The molecule has 0 saturated heterocycles. The van der Waals surface area contributed by atoms with Crippen molar-refractivity contribution in [3.63, 3.8) is 0 Å². The third-order valence-electron chi connectivity index (χ3n) is 2.31. The highest BCUT2D eigenvalue weighted by atomic mass is 16.1. The average molecular weight is 224 g/mol. The van der Waals surface area contributed by atoms with E-state index in [1.165, 1.54) is 0 Å². The van der Waals surface area contributed by atoms with Crippen molar-refractivity contribution in [1.82, 2.24) is 20.4 Å². The minimum Gasteiger partial charge on any atom is -0.355 e. The van der Waals surface area contributed by atoms with Crippen LogP contribution in [0.3, 0.4) is 0 Å². The van der Waals surface area contributed by atoms with Crippen molar-refractivity contribution in [2.75, 3.05) is 27.2 Å². The Morgan fingerprint density at radius 2 is 2.38 bits per heavy atom. The second-order valence-corrected chi connectivity index (χ2v) is 4.11. The van der Waals surface area contributed by atoms with E-state index in [4.69, 9.17) is 0 Å². The topological polar surface area (TPSA) is 61.0 Å². The monoisotopic (exact) mass is 224 g/mol. The lowest BCUT2D eigenvalue weighted by atomic mass is 10.1. The molecule has 5 nitrogen and oxygen atoms in total. The number of nitrogens with zero attached hydrogens (tertiary/aromatic N) is 2. The summed E-state index contributed by atoms with van der Waals surface area (Å²) in [5.41, 5.74) is 1.15. The van der Waals surface area contributed by atoms with Crippen molar-refractivity contribution >= 4 is 5.91 Å². The van der Waals surface area contributed by atoms with Gasteiger partial charge in [0.25, 0.3) is 0 Å². The van der Waals surface area contributed by atoms with Gasteiger partial charge < -0.3 is 10.2 Å². The summed E-state index contributed by atoms with van der Waals surface area (Å²) >= 11 is 0. The molecule has 0 aliphatic carbocycles. The molecule has 1 amide bonds. The summed E-state index contributed by atoms with van der Waals surface area (Å²) in [6, 6.07) is 0. The van der Waals surface area contributed by atoms with E-state index in [-0.39, 0.29) is 5.91 Å². The molecule has 0 aliphatic heterocycles. The van der Waals surface area contributed by atoms with Gasteiger partial charge in [-0.25, -0.2) is 0 Å². The molecule has 0 saturated carbocycles. The summed E-state index contributed by atoms with van der Waals surface area (Å²) < 4.78 is 0. The van der Waals surface area contributed by atoms with Gasteiger partial charge in [0, 0.05) is 25.7 Å². The molecule has 2 N–H and O–H groups in total. The highest BCUT2D eigenvalue weighted by molar-refractivity contribution is 5.75. The van der Waals surface area contributed by atoms with E-state index in [0.29, 0.717) is 6.42 Å². The zero-order valence-corrected chi connectivity index (χ0v) is 9.99. The van der Waals surface area contributed by atoms with Crippen molar-refractivity contribution in [2.45, 2.75) is 19.3 Å². The number of likely N-dealkylation sites (N-methyl/N-ethyl adjacent to an activating group) is 1. The largest absolute Gasteiger partial charge is 0.355 e. The fourth-order valence-electron chi connectivity index (χ4n) is 1.37. The standard InChI is InChI=1S/C11H20N4O/c1-15(2)7-6-12-11(16)5-3-4-10-8-13-14-9-10/h8-9H,3-7H2,1-2H3,(H,12,16)(H,13,14). The second-order valence-electron chi connectivity index (χ2n) is 4.11. The van der Waals surface area contributed by atoms with Gasteiger partial charge in [0.15, 0.2) is 0 Å². The van der Waals surface area contributed by atoms with E-state index in [2.05, 4.69) is 15.5 Å². The first-order valence-electron chi connectivity index (χ1n) is 5.57. The van der Waals surface area contributed by atoms with Gasteiger partial charge in [-0.15, -0.1) is 0 Å². The number of H-pyrrole nitrogens is 1. The minimum atomic E-state index is 0.130. The van der Waals surface area contributed by atoms with Crippen molar-refractivity contribution in [3.8, 4) is 0 Å². The van der Waals surface area contributed by atoms with Crippen molar-refractivity contribution in [2.24, 2.45) is 0 Å². The Morgan fingerprint density at radius 3 is 3.00 bits per heavy atom. The van der Waals surface area contributed by atoms with Gasteiger partial charge in [-0.2, -0.15) is 5.10 Å². The van der Waals surface area contributed by atoms with E-state index in [9.17, 15) is 4.79 Å². The van der Waals surface area contributed by atoms with Crippen LogP contribution >= 0.6 is 0 Å². The van der Waals surface area contributed by atoms with E-state index < -0.39 is 0 Å². The van der Waals surface area contributed by atoms with Gasteiger partial charge in [-0.3, -0.25) is 9.89 Å². The summed E-state index contributed by atoms with van der Waals surface area (Å²) in [7, 11) is 3.98. The Morgan fingerprint density at radius 1 is 1.56 bits per heavy atom. The van der Waals surface area contributed by atoms with Gasteiger partial charge in [-0.05, 0) is 32.5 Å². The zero-order valence-electron chi connectivity index (χ0n) is 9.99. The Bertz CT molecular complexity index is 295. The third-order valence-corrected chi connectivity index (χ3v) is 2.31. The highest BCUT2D eigenvalue weighted by Gasteiger charge is 2.01. The maximum absolute atomic E-state index is 11.4.